The molecule has 4 nitrogen and oxygen atoms in total. The summed E-state index contributed by atoms with van der Waals surface area (Å²) in [5.74, 6) is 0. The largest absolute Gasteiger partial charge is 1.00 e. The van der Waals surface area contributed by atoms with Gasteiger partial charge in [0.05, 0.1) is 21.5 Å². The van der Waals surface area contributed by atoms with Gasteiger partial charge in [0.2, 0.25) is 0 Å². The topological polar surface area (TPSA) is 77.4 Å². The Hall–Kier alpha value is 0.870. The predicted octanol–water partition coefficient (Wildman–Crippen LogP) is 4.11. The van der Waals surface area contributed by atoms with Crippen LogP contribution in [0, 0.1) is 0 Å². The van der Waals surface area contributed by atoms with E-state index in [-0.39, 0.29) is 36.0 Å². The normalized spacial score (nSPS) is 13.7. The van der Waals surface area contributed by atoms with Crippen LogP contribution in [0.4, 0.5) is 0 Å². The van der Waals surface area contributed by atoms with Crippen molar-refractivity contribution in [2.24, 2.45) is 0 Å². The second-order valence-corrected chi connectivity index (χ2v) is 10.5. The van der Waals surface area contributed by atoms with Crippen LogP contribution in [0.5, 0.6) is 0 Å². The van der Waals surface area contributed by atoms with Crippen LogP contribution in [0.15, 0.2) is 0 Å². The third kappa shape index (κ3) is 22.1. The second-order valence-electron chi connectivity index (χ2n) is 8.88. The summed E-state index contributed by atoms with van der Waals surface area (Å²) < 4.78 is 34.7. The van der Waals surface area contributed by atoms with Crippen LogP contribution < -0.4 is 29.6 Å². The number of unbranched alkanes of at least 4 members (excludes halogenated alkanes) is 15. The van der Waals surface area contributed by atoms with Gasteiger partial charge in [-0.05, 0) is 19.3 Å². The molecule has 2 atom stereocenters. The van der Waals surface area contributed by atoms with Crippen molar-refractivity contribution in [1.82, 2.24) is 0 Å². The van der Waals surface area contributed by atoms with Crippen LogP contribution in [-0.4, -0.2) is 29.4 Å². The van der Waals surface area contributed by atoms with Gasteiger partial charge in [0.25, 0.3) is 0 Å². The molecule has 0 spiro atoms. The first-order valence-corrected chi connectivity index (χ1v) is 14.0. The third-order valence-corrected chi connectivity index (χ3v) is 7.21. The molecule has 6 heteroatoms. The fourth-order valence-corrected chi connectivity index (χ4v) is 4.91. The molecule has 1 N–H and O–H groups in total. The van der Waals surface area contributed by atoms with E-state index in [9.17, 15) is 18.1 Å². The second kappa shape index (κ2) is 23.0. The zero-order valence-electron chi connectivity index (χ0n) is 20.4. The molecular weight excluding hydrogens is 407 g/mol. The molecule has 0 heterocycles. The summed E-state index contributed by atoms with van der Waals surface area (Å²) in [5, 5.41) is 9.28. The Morgan fingerprint density at radius 2 is 0.967 bits per heavy atom. The molecule has 0 aliphatic rings. The zero-order chi connectivity index (χ0) is 21.8. The Morgan fingerprint density at radius 3 is 1.33 bits per heavy atom. The van der Waals surface area contributed by atoms with Gasteiger partial charge in [0, 0.05) is 0 Å². The molecular formula is C24H49NaO4S. The average Bonchev–Trinajstić information content (AvgIpc) is 2.67. The van der Waals surface area contributed by atoms with E-state index < -0.39 is 21.5 Å². The van der Waals surface area contributed by atoms with Gasteiger partial charge in [-0.3, -0.25) is 0 Å². The summed E-state index contributed by atoms with van der Waals surface area (Å²) in [4.78, 5) is 0. The van der Waals surface area contributed by atoms with Crippen molar-refractivity contribution < 1.29 is 47.6 Å². The van der Waals surface area contributed by atoms with Gasteiger partial charge in [-0.25, -0.2) is 8.42 Å². The fourth-order valence-electron chi connectivity index (χ4n) is 4.00. The number of aliphatic hydroxyl groups is 1. The molecule has 0 fully saturated rings. The molecule has 0 radical (unpaired) electrons. The number of aliphatic hydroxyl groups excluding tert-OH is 1. The number of hydrogen-bond donors (Lipinski definition) is 1. The van der Waals surface area contributed by atoms with Gasteiger partial charge >= 0.3 is 29.6 Å². The van der Waals surface area contributed by atoms with Gasteiger partial charge in [-0.2, -0.15) is 0 Å². The summed E-state index contributed by atoms with van der Waals surface area (Å²) in [7, 11) is -4.33. The number of rotatable bonds is 22. The van der Waals surface area contributed by atoms with E-state index in [0.717, 1.165) is 32.1 Å². The van der Waals surface area contributed by atoms with Gasteiger partial charge in [-0.15, -0.1) is 0 Å². The van der Waals surface area contributed by atoms with Crippen molar-refractivity contribution in [3.63, 3.8) is 0 Å². The molecule has 0 aromatic rings. The van der Waals surface area contributed by atoms with Crippen molar-refractivity contribution in [3.8, 4) is 0 Å². The van der Waals surface area contributed by atoms with E-state index >= 15 is 0 Å². The molecule has 0 saturated carbocycles. The van der Waals surface area contributed by atoms with Gasteiger partial charge in [0.15, 0.2) is 0 Å². The Morgan fingerprint density at radius 1 is 0.633 bits per heavy atom. The average molecular weight is 457 g/mol. The third-order valence-electron chi connectivity index (χ3n) is 5.96. The van der Waals surface area contributed by atoms with E-state index in [2.05, 4.69) is 13.8 Å². The van der Waals surface area contributed by atoms with Crippen molar-refractivity contribution in [2.75, 3.05) is 0 Å². The van der Waals surface area contributed by atoms with Crippen LogP contribution in [0.2, 0.25) is 0 Å². The quantitative estimate of drug-likeness (QED) is 0.151. The maximum absolute atomic E-state index is 11.6. The summed E-state index contributed by atoms with van der Waals surface area (Å²) in [6.07, 6.45) is 20.5. The Balaban J connectivity index is 0. The van der Waals surface area contributed by atoms with E-state index in [1.165, 1.54) is 77.0 Å². The molecule has 0 aliphatic heterocycles. The number of hydrogen-bond acceptors (Lipinski definition) is 4. The first-order chi connectivity index (χ1) is 13.9. The minimum absolute atomic E-state index is 0. The maximum atomic E-state index is 11.6. The van der Waals surface area contributed by atoms with Crippen LogP contribution in [0.1, 0.15) is 142 Å². The van der Waals surface area contributed by atoms with Crippen molar-refractivity contribution in [3.05, 3.63) is 0 Å². The molecule has 0 saturated heterocycles. The Kier molecular flexibility index (Phi) is 25.4. The summed E-state index contributed by atoms with van der Waals surface area (Å²) in [6.45, 7) is 4.43. The summed E-state index contributed by atoms with van der Waals surface area (Å²) in [5.41, 5.74) is 0. The minimum Gasteiger partial charge on any atom is -0.748 e. The minimum atomic E-state index is -4.33. The first kappa shape index (κ1) is 33.0. The summed E-state index contributed by atoms with van der Waals surface area (Å²) in [6, 6.07) is 0. The van der Waals surface area contributed by atoms with E-state index in [0.29, 0.717) is 12.8 Å². The first-order valence-electron chi connectivity index (χ1n) is 12.5. The van der Waals surface area contributed by atoms with Crippen molar-refractivity contribution in [1.29, 1.82) is 0 Å². The molecule has 0 amide bonds. The molecule has 176 valence electrons. The molecule has 2 unspecified atom stereocenters. The van der Waals surface area contributed by atoms with E-state index in [1.807, 2.05) is 0 Å². The van der Waals surface area contributed by atoms with Crippen LogP contribution in [0.3, 0.4) is 0 Å². The van der Waals surface area contributed by atoms with Gasteiger partial charge in [-0.1, -0.05) is 123 Å². The molecule has 30 heavy (non-hydrogen) atoms. The molecule has 0 aliphatic carbocycles. The monoisotopic (exact) mass is 456 g/mol. The van der Waals surface area contributed by atoms with Gasteiger partial charge in [0.1, 0.15) is 0 Å². The Bertz CT molecular complexity index is 442. The molecule has 0 aromatic heterocycles. The van der Waals surface area contributed by atoms with Crippen molar-refractivity contribution >= 4 is 10.1 Å². The standard InChI is InChI=1S/C24H50O4S.Na/c1-3-5-7-9-11-13-14-16-18-20-23(25)22-24(29(26,27)28)21-19-17-15-12-10-8-6-4-2;/h23-25H,3-22H2,1-2H3,(H,26,27,28);/q;+1/p-1. The SMILES string of the molecule is CCCCCCCCCCCC(O)CC(CCCCCCCCCC)S(=O)(=O)[O-].[Na+]. The molecule has 0 bridgehead atoms. The van der Waals surface area contributed by atoms with Crippen LogP contribution in [0.25, 0.3) is 0 Å². The predicted molar refractivity (Wildman–Crippen MR) is 123 cm³/mol. The van der Waals surface area contributed by atoms with Crippen LogP contribution >= 0.6 is 0 Å². The van der Waals surface area contributed by atoms with Crippen LogP contribution in [-0.2, 0) is 10.1 Å². The zero-order valence-corrected chi connectivity index (χ0v) is 23.2. The smallest absolute Gasteiger partial charge is 0.748 e. The molecule has 0 rings (SSSR count). The van der Waals surface area contributed by atoms with E-state index in [1.54, 1.807) is 0 Å². The van der Waals surface area contributed by atoms with Crippen molar-refractivity contribution in [2.45, 2.75) is 154 Å². The summed E-state index contributed by atoms with van der Waals surface area (Å²) >= 11 is 0. The van der Waals surface area contributed by atoms with E-state index in [4.69, 9.17) is 0 Å². The van der Waals surface area contributed by atoms with Gasteiger partial charge < -0.3 is 9.66 Å². The maximum Gasteiger partial charge on any atom is 1.00 e. The Labute approximate surface area is 210 Å². The fraction of sp³-hybridized carbons (Fsp3) is 1.00. The molecule has 0 aromatic carbocycles.